The predicted octanol–water partition coefficient (Wildman–Crippen LogP) is 6.36. The number of ether oxygens (including phenoxy) is 1. The average Bonchev–Trinajstić information content (AvgIpc) is 2.89. The fourth-order valence-electron chi connectivity index (χ4n) is 2.43. The van der Waals surface area contributed by atoms with Gasteiger partial charge in [0.05, 0.1) is 21.1 Å². The SMILES string of the molecule is Clc1ccc(OCc2nc3cc(Cl)c(Cl)cc3n2CCCBr)cc1. The molecule has 7 heteroatoms. The molecule has 1 heterocycles. The Morgan fingerprint density at radius 1 is 1.04 bits per heavy atom. The number of rotatable bonds is 6. The molecule has 0 saturated carbocycles. The molecule has 0 aliphatic carbocycles. The van der Waals surface area contributed by atoms with Gasteiger partial charge in [-0.15, -0.1) is 0 Å². The van der Waals surface area contributed by atoms with E-state index in [-0.39, 0.29) is 0 Å². The van der Waals surface area contributed by atoms with Crippen LogP contribution >= 0.6 is 50.7 Å². The molecule has 126 valence electrons. The molecular formula is C17H14BrCl3N2O. The molecule has 0 radical (unpaired) electrons. The largest absolute Gasteiger partial charge is 0.486 e. The van der Waals surface area contributed by atoms with E-state index in [0.717, 1.165) is 40.9 Å². The molecule has 3 nitrogen and oxygen atoms in total. The van der Waals surface area contributed by atoms with Crippen molar-refractivity contribution < 1.29 is 4.74 Å². The van der Waals surface area contributed by atoms with Gasteiger partial charge >= 0.3 is 0 Å². The van der Waals surface area contributed by atoms with Crippen LogP contribution < -0.4 is 4.74 Å². The Morgan fingerprint density at radius 2 is 1.75 bits per heavy atom. The van der Waals surface area contributed by atoms with Gasteiger partial charge in [-0.05, 0) is 42.8 Å². The Hall–Kier alpha value is -0.940. The highest BCUT2D eigenvalue weighted by Gasteiger charge is 2.13. The van der Waals surface area contributed by atoms with Gasteiger partial charge in [0.15, 0.2) is 0 Å². The fraction of sp³-hybridized carbons (Fsp3) is 0.235. The number of imidazole rings is 1. The number of benzene rings is 2. The molecule has 0 fully saturated rings. The molecule has 0 bridgehead atoms. The molecule has 0 unspecified atom stereocenters. The van der Waals surface area contributed by atoms with Crippen LogP contribution in [0, 0.1) is 0 Å². The number of hydrogen-bond donors (Lipinski definition) is 0. The predicted molar refractivity (Wildman–Crippen MR) is 104 cm³/mol. The normalized spacial score (nSPS) is 11.2. The monoisotopic (exact) mass is 446 g/mol. The van der Waals surface area contributed by atoms with Crippen LogP contribution in [-0.4, -0.2) is 14.9 Å². The Balaban J connectivity index is 1.91. The quantitative estimate of drug-likeness (QED) is 0.410. The van der Waals surface area contributed by atoms with Crippen LogP contribution in [0.1, 0.15) is 12.2 Å². The second-order valence-electron chi connectivity index (χ2n) is 5.22. The van der Waals surface area contributed by atoms with Gasteiger partial charge < -0.3 is 9.30 Å². The highest BCUT2D eigenvalue weighted by Crippen LogP contribution is 2.29. The lowest BCUT2D eigenvalue weighted by Crippen LogP contribution is -2.08. The van der Waals surface area contributed by atoms with Crippen molar-refractivity contribution in [2.24, 2.45) is 0 Å². The molecule has 0 saturated heterocycles. The number of hydrogen-bond acceptors (Lipinski definition) is 2. The zero-order chi connectivity index (χ0) is 17.1. The van der Waals surface area contributed by atoms with Crippen molar-refractivity contribution in [3.8, 4) is 5.75 Å². The van der Waals surface area contributed by atoms with Gasteiger partial charge in [0.2, 0.25) is 0 Å². The maximum Gasteiger partial charge on any atom is 0.148 e. The number of halogens is 4. The lowest BCUT2D eigenvalue weighted by molar-refractivity contribution is 0.290. The third-order valence-corrected chi connectivity index (χ3v) is 5.10. The molecule has 0 aliphatic heterocycles. The molecule has 0 N–H and O–H groups in total. The van der Waals surface area contributed by atoms with E-state index >= 15 is 0 Å². The minimum atomic E-state index is 0.355. The minimum absolute atomic E-state index is 0.355. The van der Waals surface area contributed by atoms with Crippen LogP contribution in [0.5, 0.6) is 5.75 Å². The van der Waals surface area contributed by atoms with Gasteiger partial charge in [0.25, 0.3) is 0 Å². The number of aromatic nitrogens is 2. The number of aryl methyl sites for hydroxylation is 1. The van der Waals surface area contributed by atoms with Crippen LogP contribution in [0.3, 0.4) is 0 Å². The smallest absolute Gasteiger partial charge is 0.148 e. The first kappa shape index (κ1) is 17.9. The highest BCUT2D eigenvalue weighted by molar-refractivity contribution is 9.09. The number of fused-ring (bicyclic) bond motifs is 1. The molecule has 0 aliphatic rings. The molecule has 3 rings (SSSR count). The van der Waals surface area contributed by atoms with E-state index in [1.807, 2.05) is 18.2 Å². The van der Waals surface area contributed by atoms with Crippen LogP contribution in [0.25, 0.3) is 11.0 Å². The fourth-order valence-corrected chi connectivity index (χ4v) is 3.12. The molecule has 0 atom stereocenters. The van der Waals surface area contributed by atoms with Gasteiger partial charge in [-0.3, -0.25) is 0 Å². The van der Waals surface area contributed by atoms with E-state index in [9.17, 15) is 0 Å². The molecule has 2 aromatic carbocycles. The van der Waals surface area contributed by atoms with Gasteiger partial charge in [-0.2, -0.15) is 0 Å². The second-order valence-corrected chi connectivity index (χ2v) is 7.26. The highest BCUT2D eigenvalue weighted by atomic mass is 79.9. The summed E-state index contributed by atoms with van der Waals surface area (Å²) in [6, 6.07) is 10.9. The summed E-state index contributed by atoms with van der Waals surface area (Å²) in [5.74, 6) is 1.58. The van der Waals surface area contributed by atoms with Crippen LogP contribution in [0.2, 0.25) is 15.1 Å². The first-order valence-corrected chi connectivity index (χ1v) is 9.62. The molecular weight excluding hydrogens is 434 g/mol. The lowest BCUT2D eigenvalue weighted by Gasteiger charge is -2.10. The van der Waals surface area contributed by atoms with E-state index in [1.54, 1.807) is 18.2 Å². The average molecular weight is 449 g/mol. The summed E-state index contributed by atoms with van der Waals surface area (Å²) in [6.45, 7) is 1.17. The van der Waals surface area contributed by atoms with Crippen molar-refractivity contribution in [1.29, 1.82) is 0 Å². The van der Waals surface area contributed by atoms with E-state index in [0.29, 0.717) is 21.7 Å². The van der Waals surface area contributed by atoms with E-state index < -0.39 is 0 Å². The van der Waals surface area contributed by atoms with Crippen LogP contribution in [0.15, 0.2) is 36.4 Å². The first-order chi connectivity index (χ1) is 11.6. The summed E-state index contributed by atoms with van der Waals surface area (Å²) < 4.78 is 7.96. The minimum Gasteiger partial charge on any atom is -0.486 e. The summed E-state index contributed by atoms with van der Waals surface area (Å²) in [4.78, 5) is 4.65. The van der Waals surface area contributed by atoms with Gasteiger partial charge in [-0.1, -0.05) is 50.7 Å². The zero-order valence-corrected chi connectivity index (χ0v) is 16.5. The van der Waals surface area contributed by atoms with Crippen molar-refractivity contribution in [3.05, 3.63) is 57.3 Å². The van der Waals surface area contributed by atoms with Crippen LogP contribution in [0.4, 0.5) is 0 Å². The third kappa shape index (κ3) is 3.99. The maximum absolute atomic E-state index is 6.16. The lowest BCUT2D eigenvalue weighted by atomic mass is 10.3. The van der Waals surface area contributed by atoms with Gasteiger partial charge in [-0.25, -0.2) is 4.98 Å². The number of alkyl halides is 1. The zero-order valence-electron chi connectivity index (χ0n) is 12.6. The maximum atomic E-state index is 6.16. The van der Waals surface area contributed by atoms with Crippen molar-refractivity contribution >= 4 is 61.8 Å². The summed E-state index contributed by atoms with van der Waals surface area (Å²) in [5.41, 5.74) is 1.77. The number of nitrogens with zero attached hydrogens (tertiary/aromatic N) is 2. The van der Waals surface area contributed by atoms with E-state index in [1.165, 1.54) is 0 Å². The summed E-state index contributed by atoms with van der Waals surface area (Å²) >= 11 is 21.6. The van der Waals surface area contributed by atoms with Crippen molar-refractivity contribution in [2.75, 3.05) is 5.33 Å². The molecule has 1 aromatic heterocycles. The Kier molecular flexibility index (Phi) is 5.93. The first-order valence-electron chi connectivity index (χ1n) is 7.37. The van der Waals surface area contributed by atoms with Crippen molar-refractivity contribution in [3.63, 3.8) is 0 Å². The van der Waals surface area contributed by atoms with Gasteiger partial charge in [0, 0.05) is 16.9 Å². The molecule has 3 aromatic rings. The van der Waals surface area contributed by atoms with E-state index in [2.05, 4.69) is 25.5 Å². The van der Waals surface area contributed by atoms with Crippen molar-refractivity contribution in [1.82, 2.24) is 9.55 Å². The Bertz CT molecular complexity index is 849. The van der Waals surface area contributed by atoms with E-state index in [4.69, 9.17) is 39.5 Å². The standard InChI is InChI=1S/C17H14BrCl3N2O/c18-6-1-7-23-16-9-14(21)13(20)8-15(16)22-17(23)10-24-12-4-2-11(19)3-5-12/h2-5,8-9H,1,6-7,10H2. The second kappa shape index (κ2) is 7.96. The topological polar surface area (TPSA) is 27.1 Å². The third-order valence-electron chi connectivity index (χ3n) is 3.57. The van der Waals surface area contributed by atoms with Gasteiger partial charge in [0.1, 0.15) is 18.2 Å². The Labute approximate surface area is 163 Å². The molecule has 24 heavy (non-hydrogen) atoms. The molecule has 0 spiro atoms. The summed E-state index contributed by atoms with van der Waals surface area (Å²) in [7, 11) is 0. The molecule has 0 amide bonds. The van der Waals surface area contributed by atoms with Crippen molar-refractivity contribution in [2.45, 2.75) is 19.6 Å². The summed E-state index contributed by atoms with van der Waals surface area (Å²) in [5, 5.41) is 2.61. The summed E-state index contributed by atoms with van der Waals surface area (Å²) in [6.07, 6.45) is 0.972. The Morgan fingerprint density at radius 3 is 2.46 bits per heavy atom. The van der Waals surface area contributed by atoms with Crippen LogP contribution in [-0.2, 0) is 13.2 Å².